The van der Waals surface area contributed by atoms with Crippen LogP contribution in [0.4, 0.5) is 0 Å². The summed E-state index contributed by atoms with van der Waals surface area (Å²) in [6, 6.07) is 4.00. The van der Waals surface area contributed by atoms with E-state index in [-0.39, 0.29) is 22.8 Å². The van der Waals surface area contributed by atoms with E-state index in [2.05, 4.69) is 19.4 Å². The summed E-state index contributed by atoms with van der Waals surface area (Å²) >= 11 is 0. The third kappa shape index (κ3) is 3.44. The Morgan fingerprint density at radius 1 is 1.43 bits per heavy atom. The number of rotatable bonds is 6. The summed E-state index contributed by atoms with van der Waals surface area (Å²) in [7, 11) is -3.85. The largest absolute Gasteiger partial charge is 0.478 e. The molecule has 0 saturated carbocycles. The summed E-state index contributed by atoms with van der Waals surface area (Å²) in [5.41, 5.74) is 0.541. The molecule has 2 aromatic rings. The van der Waals surface area contributed by atoms with Crippen LogP contribution in [-0.4, -0.2) is 29.6 Å². The van der Waals surface area contributed by atoms with Gasteiger partial charge in [-0.1, -0.05) is 18.1 Å². The Hall–Kier alpha value is -2.26. The molecule has 0 fully saturated rings. The van der Waals surface area contributed by atoms with Gasteiger partial charge in [0.05, 0.1) is 17.0 Å². The minimum atomic E-state index is -3.85. The number of hydrogen-bond acceptors (Lipinski definition) is 6. The van der Waals surface area contributed by atoms with Crippen molar-refractivity contribution in [3.63, 3.8) is 0 Å². The van der Waals surface area contributed by atoms with Crippen molar-refractivity contribution in [2.75, 3.05) is 0 Å². The van der Waals surface area contributed by atoms with Gasteiger partial charge in [-0.3, -0.25) is 0 Å². The van der Waals surface area contributed by atoms with E-state index in [9.17, 15) is 13.2 Å². The quantitative estimate of drug-likeness (QED) is 0.809. The van der Waals surface area contributed by atoms with Crippen molar-refractivity contribution in [2.24, 2.45) is 0 Å². The van der Waals surface area contributed by atoms with Crippen molar-refractivity contribution < 1.29 is 22.8 Å². The summed E-state index contributed by atoms with van der Waals surface area (Å²) in [6.45, 7) is 1.65. The van der Waals surface area contributed by atoms with E-state index < -0.39 is 16.0 Å². The molecular formula is C12H13N3O5S. The number of aromatic nitrogens is 2. The van der Waals surface area contributed by atoms with Crippen LogP contribution in [-0.2, 0) is 23.0 Å². The maximum absolute atomic E-state index is 12.1. The van der Waals surface area contributed by atoms with E-state index in [1.54, 1.807) is 6.92 Å². The van der Waals surface area contributed by atoms with Crippen molar-refractivity contribution in [2.45, 2.75) is 24.8 Å². The average Bonchev–Trinajstić information content (AvgIpc) is 2.97. The van der Waals surface area contributed by atoms with Crippen molar-refractivity contribution >= 4 is 16.0 Å². The van der Waals surface area contributed by atoms with E-state index in [1.807, 2.05) is 0 Å². The molecule has 9 heteroatoms. The molecule has 0 aliphatic carbocycles. The zero-order chi connectivity index (χ0) is 15.5. The first kappa shape index (κ1) is 15.1. The number of nitrogens with zero attached hydrogens (tertiary/aromatic N) is 2. The van der Waals surface area contributed by atoms with E-state index in [0.717, 1.165) is 12.5 Å². The van der Waals surface area contributed by atoms with Crippen LogP contribution in [0.3, 0.4) is 0 Å². The molecule has 1 aromatic carbocycles. The number of aryl methyl sites for hydroxylation is 1. The third-order valence-electron chi connectivity index (χ3n) is 2.83. The van der Waals surface area contributed by atoms with Crippen molar-refractivity contribution in [3.8, 4) is 0 Å². The molecule has 0 saturated heterocycles. The lowest BCUT2D eigenvalue weighted by molar-refractivity contribution is 0.0695. The smallest absolute Gasteiger partial charge is 0.336 e. The molecule has 0 aliphatic rings. The van der Waals surface area contributed by atoms with Crippen molar-refractivity contribution in [1.29, 1.82) is 0 Å². The molecule has 0 bridgehead atoms. The first-order valence-electron chi connectivity index (χ1n) is 6.05. The summed E-state index contributed by atoms with van der Waals surface area (Å²) in [5.74, 6) is -0.982. The Bertz CT molecular complexity index is 740. The molecule has 0 atom stereocenters. The van der Waals surface area contributed by atoms with Gasteiger partial charge in [-0.05, 0) is 24.1 Å². The fourth-order valence-corrected chi connectivity index (χ4v) is 2.75. The molecule has 8 nitrogen and oxygen atoms in total. The van der Waals surface area contributed by atoms with Crippen LogP contribution in [0, 0.1) is 0 Å². The minimum Gasteiger partial charge on any atom is -0.478 e. The van der Waals surface area contributed by atoms with Crippen LogP contribution >= 0.6 is 0 Å². The number of carboxylic acids is 1. The maximum atomic E-state index is 12.1. The number of hydrogen-bond donors (Lipinski definition) is 2. The lowest BCUT2D eigenvalue weighted by Gasteiger charge is -2.08. The lowest BCUT2D eigenvalue weighted by Crippen LogP contribution is -2.24. The fraction of sp³-hybridized carbons (Fsp3) is 0.250. The predicted octanol–water partition coefficient (Wildman–Crippen LogP) is 0.809. The second kappa shape index (κ2) is 6.02. The standard InChI is InChI=1S/C12H13N3O5S/c1-2-8-3-4-9(5-10(8)12(16)17)21(18,19)14-6-11-13-7-20-15-11/h3-5,7,14H,2,6H2,1H3,(H,16,17). The topological polar surface area (TPSA) is 122 Å². The van der Waals surface area contributed by atoms with Gasteiger partial charge in [-0.2, -0.15) is 4.98 Å². The highest BCUT2D eigenvalue weighted by molar-refractivity contribution is 7.89. The Labute approximate surface area is 120 Å². The lowest BCUT2D eigenvalue weighted by atomic mass is 10.1. The average molecular weight is 311 g/mol. The van der Waals surface area contributed by atoms with E-state index >= 15 is 0 Å². The number of sulfonamides is 1. The normalized spacial score (nSPS) is 11.5. The fourth-order valence-electron chi connectivity index (χ4n) is 1.74. The van der Waals surface area contributed by atoms with Crippen LogP contribution in [0.5, 0.6) is 0 Å². The zero-order valence-corrected chi connectivity index (χ0v) is 11.9. The van der Waals surface area contributed by atoms with E-state index in [1.165, 1.54) is 12.1 Å². The molecule has 1 aromatic heterocycles. The second-order valence-electron chi connectivity index (χ2n) is 4.15. The Morgan fingerprint density at radius 2 is 2.19 bits per heavy atom. The number of carbonyl (C=O) groups is 1. The van der Waals surface area contributed by atoms with Gasteiger partial charge in [0.1, 0.15) is 0 Å². The van der Waals surface area contributed by atoms with Crippen LogP contribution in [0.2, 0.25) is 0 Å². The van der Waals surface area contributed by atoms with E-state index in [4.69, 9.17) is 5.11 Å². The summed E-state index contributed by atoms with van der Waals surface area (Å²) in [4.78, 5) is 14.7. The highest BCUT2D eigenvalue weighted by atomic mass is 32.2. The Balaban J connectivity index is 2.27. The van der Waals surface area contributed by atoms with Crippen LogP contribution < -0.4 is 4.72 Å². The summed E-state index contributed by atoms with van der Waals surface area (Å²) in [5, 5.41) is 12.6. The minimum absolute atomic E-state index is 0.0278. The van der Waals surface area contributed by atoms with Crippen LogP contribution in [0.15, 0.2) is 34.0 Å². The SMILES string of the molecule is CCc1ccc(S(=O)(=O)NCc2ncon2)cc1C(=O)O. The second-order valence-corrected chi connectivity index (χ2v) is 5.92. The van der Waals surface area contributed by atoms with Crippen LogP contribution in [0.1, 0.15) is 28.7 Å². The molecule has 0 unspecified atom stereocenters. The Morgan fingerprint density at radius 3 is 2.76 bits per heavy atom. The van der Waals surface area contributed by atoms with Crippen molar-refractivity contribution in [3.05, 3.63) is 41.5 Å². The van der Waals surface area contributed by atoms with Gasteiger partial charge in [0, 0.05) is 0 Å². The molecule has 2 rings (SSSR count). The number of nitrogens with one attached hydrogen (secondary N) is 1. The highest BCUT2D eigenvalue weighted by Gasteiger charge is 2.18. The number of carboxylic acid groups (broad SMARTS) is 1. The number of benzene rings is 1. The summed E-state index contributed by atoms with van der Waals surface area (Å²) < 4.78 is 31.0. The van der Waals surface area contributed by atoms with E-state index in [0.29, 0.717) is 12.0 Å². The molecule has 2 N–H and O–H groups in total. The molecule has 21 heavy (non-hydrogen) atoms. The van der Waals surface area contributed by atoms with Gasteiger partial charge in [0.25, 0.3) is 0 Å². The molecule has 112 valence electrons. The van der Waals surface area contributed by atoms with Crippen LogP contribution in [0.25, 0.3) is 0 Å². The molecule has 1 heterocycles. The molecule has 0 radical (unpaired) electrons. The maximum Gasteiger partial charge on any atom is 0.336 e. The highest BCUT2D eigenvalue weighted by Crippen LogP contribution is 2.17. The molecule has 0 amide bonds. The Kier molecular flexibility index (Phi) is 4.34. The van der Waals surface area contributed by atoms with Gasteiger partial charge >= 0.3 is 5.97 Å². The predicted molar refractivity (Wildman–Crippen MR) is 71.1 cm³/mol. The zero-order valence-electron chi connectivity index (χ0n) is 11.1. The van der Waals surface area contributed by atoms with Crippen molar-refractivity contribution in [1.82, 2.24) is 14.9 Å². The molecule has 0 spiro atoms. The van der Waals surface area contributed by atoms with Gasteiger partial charge in [-0.15, -0.1) is 0 Å². The first-order chi connectivity index (χ1) is 9.94. The summed E-state index contributed by atoms with van der Waals surface area (Å²) in [6.07, 6.45) is 1.58. The first-order valence-corrected chi connectivity index (χ1v) is 7.53. The third-order valence-corrected chi connectivity index (χ3v) is 4.23. The van der Waals surface area contributed by atoms with Gasteiger partial charge in [0.2, 0.25) is 16.4 Å². The van der Waals surface area contributed by atoms with Gasteiger partial charge in [0.15, 0.2) is 5.82 Å². The molecule has 0 aliphatic heterocycles. The molecular weight excluding hydrogens is 298 g/mol. The monoisotopic (exact) mass is 311 g/mol. The van der Waals surface area contributed by atoms with Gasteiger partial charge < -0.3 is 9.63 Å². The van der Waals surface area contributed by atoms with Gasteiger partial charge in [-0.25, -0.2) is 17.9 Å². The number of aromatic carboxylic acids is 1.